The maximum absolute atomic E-state index is 14.1. The quantitative estimate of drug-likeness (QED) is 0.905. The van der Waals surface area contributed by atoms with Gasteiger partial charge in [-0.2, -0.15) is 4.31 Å². The Bertz CT molecular complexity index is 893. The van der Waals surface area contributed by atoms with Crippen molar-refractivity contribution in [3.8, 4) is 0 Å². The van der Waals surface area contributed by atoms with Crippen molar-refractivity contribution in [2.45, 2.75) is 17.7 Å². The summed E-state index contributed by atoms with van der Waals surface area (Å²) in [6, 6.07) is 8.31. The summed E-state index contributed by atoms with van der Waals surface area (Å²) in [4.78, 5) is 11.8. The molecule has 2 aromatic rings. The Hall–Kier alpha value is -2.32. The predicted molar refractivity (Wildman–Crippen MR) is 88.7 cm³/mol. The minimum atomic E-state index is -3.98. The minimum absolute atomic E-state index is 0.00324. The zero-order valence-corrected chi connectivity index (χ0v) is 14.0. The standard InChI is InChI=1S/C17H16F2N2O3S/c18-13-4-6-14(7-5-13)20-17(22)12-3-8-15(19)16(11-12)25(23,24)21-9-1-2-10-21/h3-8,11H,1-2,9-10H2,(H,20,22). The second kappa shape index (κ2) is 6.89. The van der Waals surface area contributed by atoms with Gasteiger partial charge in [-0.05, 0) is 55.3 Å². The number of anilines is 1. The van der Waals surface area contributed by atoms with Crippen LogP contribution < -0.4 is 5.32 Å². The first-order valence-corrected chi connectivity index (χ1v) is 9.18. The molecule has 1 saturated heterocycles. The summed E-state index contributed by atoms with van der Waals surface area (Å²) in [7, 11) is -3.98. The second-order valence-electron chi connectivity index (χ2n) is 5.72. The number of nitrogens with one attached hydrogen (secondary N) is 1. The second-order valence-corrected chi connectivity index (χ2v) is 7.62. The normalized spacial score (nSPS) is 15.3. The molecule has 1 fully saturated rings. The summed E-state index contributed by atoms with van der Waals surface area (Å²) in [6.45, 7) is 0.682. The number of nitrogens with zero attached hydrogens (tertiary/aromatic N) is 1. The van der Waals surface area contributed by atoms with Gasteiger partial charge in [0, 0.05) is 24.3 Å². The molecular formula is C17H16F2N2O3S. The predicted octanol–water partition coefficient (Wildman–Crippen LogP) is 3.00. The van der Waals surface area contributed by atoms with Crippen LogP contribution in [0.1, 0.15) is 23.2 Å². The summed E-state index contributed by atoms with van der Waals surface area (Å²) in [5.41, 5.74) is 0.350. The molecule has 8 heteroatoms. The molecule has 0 aliphatic carbocycles. The number of carbonyl (C=O) groups excluding carboxylic acids is 1. The van der Waals surface area contributed by atoms with Crippen LogP contribution in [-0.2, 0) is 10.0 Å². The number of hydrogen-bond acceptors (Lipinski definition) is 3. The molecule has 0 radical (unpaired) electrons. The summed E-state index contributed by atoms with van der Waals surface area (Å²) >= 11 is 0. The Balaban J connectivity index is 1.88. The van der Waals surface area contributed by atoms with E-state index in [-0.39, 0.29) is 5.56 Å². The summed E-state index contributed by atoms with van der Waals surface area (Å²) in [5, 5.41) is 2.52. The zero-order chi connectivity index (χ0) is 18.0. The van der Waals surface area contributed by atoms with E-state index in [4.69, 9.17) is 0 Å². The lowest BCUT2D eigenvalue weighted by Crippen LogP contribution is -2.29. The van der Waals surface area contributed by atoms with Crippen LogP contribution in [0.25, 0.3) is 0 Å². The van der Waals surface area contributed by atoms with Crippen LogP contribution in [0.3, 0.4) is 0 Å². The van der Waals surface area contributed by atoms with Crippen molar-refractivity contribution >= 4 is 21.6 Å². The van der Waals surface area contributed by atoms with Crippen molar-refractivity contribution in [2.75, 3.05) is 18.4 Å². The van der Waals surface area contributed by atoms with Crippen molar-refractivity contribution in [1.82, 2.24) is 4.31 Å². The summed E-state index contributed by atoms with van der Waals surface area (Å²) in [5.74, 6) is -1.95. The van der Waals surface area contributed by atoms with Crippen molar-refractivity contribution in [3.05, 3.63) is 59.7 Å². The van der Waals surface area contributed by atoms with Gasteiger partial charge in [-0.1, -0.05) is 0 Å². The third-order valence-electron chi connectivity index (χ3n) is 3.98. The van der Waals surface area contributed by atoms with Gasteiger partial charge >= 0.3 is 0 Å². The maximum Gasteiger partial charge on any atom is 0.255 e. The van der Waals surface area contributed by atoms with Gasteiger partial charge < -0.3 is 5.32 Å². The Morgan fingerprint density at radius 3 is 2.28 bits per heavy atom. The van der Waals surface area contributed by atoms with Crippen LogP contribution in [0, 0.1) is 11.6 Å². The molecule has 1 aliphatic rings. The lowest BCUT2D eigenvalue weighted by molar-refractivity contribution is 0.102. The van der Waals surface area contributed by atoms with E-state index in [2.05, 4.69) is 5.32 Å². The zero-order valence-electron chi connectivity index (χ0n) is 13.2. The molecule has 25 heavy (non-hydrogen) atoms. The number of amides is 1. The third-order valence-corrected chi connectivity index (χ3v) is 5.89. The summed E-state index contributed by atoms with van der Waals surface area (Å²) < 4.78 is 53.3. The Morgan fingerprint density at radius 1 is 1.00 bits per heavy atom. The van der Waals surface area contributed by atoms with E-state index < -0.39 is 32.5 Å². The van der Waals surface area contributed by atoms with Gasteiger partial charge in [0.1, 0.15) is 16.5 Å². The van der Waals surface area contributed by atoms with Gasteiger partial charge in [-0.25, -0.2) is 17.2 Å². The highest BCUT2D eigenvalue weighted by atomic mass is 32.2. The smallest absolute Gasteiger partial charge is 0.255 e. The van der Waals surface area contributed by atoms with Crippen LogP contribution in [0.5, 0.6) is 0 Å². The van der Waals surface area contributed by atoms with Crippen molar-refractivity contribution < 1.29 is 22.0 Å². The highest BCUT2D eigenvalue weighted by Gasteiger charge is 2.30. The maximum atomic E-state index is 14.1. The Kier molecular flexibility index (Phi) is 4.82. The minimum Gasteiger partial charge on any atom is -0.322 e. The van der Waals surface area contributed by atoms with Crippen molar-refractivity contribution in [2.24, 2.45) is 0 Å². The molecule has 0 spiro atoms. The first kappa shape index (κ1) is 17.5. The van der Waals surface area contributed by atoms with Gasteiger partial charge in [0.05, 0.1) is 0 Å². The van der Waals surface area contributed by atoms with Gasteiger partial charge in [-0.15, -0.1) is 0 Å². The highest BCUT2D eigenvalue weighted by Crippen LogP contribution is 2.24. The van der Waals surface area contributed by atoms with Gasteiger partial charge in [0.15, 0.2) is 0 Å². The fourth-order valence-electron chi connectivity index (χ4n) is 2.65. The van der Waals surface area contributed by atoms with E-state index in [1.807, 2.05) is 0 Å². The molecule has 0 atom stereocenters. The van der Waals surface area contributed by atoms with Crippen LogP contribution >= 0.6 is 0 Å². The fourth-order valence-corrected chi connectivity index (χ4v) is 4.25. The third kappa shape index (κ3) is 3.69. The molecular weight excluding hydrogens is 350 g/mol. The molecule has 2 aromatic carbocycles. The molecule has 132 valence electrons. The van der Waals surface area contributed by atoms with E-state index in [1.165, 1.54) is 34.6 Å². The average Bonchev–Trinajstić information content (AvgIpc) is 3.12. The van der Waals surface area contributed by atoms with Crippen LogP contribution in [0.4, 0.5) is 14.5 Å². The fraction of sp³-hybridized carbons (Fsp3) is 0.235. The molecule has 1 N–H and O–H groups in total. The van der Waals surface area contributed by atoms with E-state index in [9.17, 15) is 22.0 Å². The number of benzene rings is 2. The van der Waals surface area contributed by atoms with Crippen molar-refractivity contribution in [3.63, 3.8) is 0 Å². The summed E-state index contributed by atoms with van der Waals surface area (Å²) in [6.07, 6.45) is 1.46. The Labute approximate surface area is 144 Å². The van der Waals surface area contributed by atoms with Gasteiger partial charge in [0.25, 0.3) is 5.91 Å². The molecule has 1 aliphatic heterocycles. The molecule has 0 unspecified atom stereocenters. The van der Waals surface area contributed by atoms with E-state index in [1.54, 1.807) is 0 Å². The number of carbonyl (C=O) groups is 1. The van der Waals surface area contributed by atoms with E-state index in [0.29, 0.717) is 18.8 Å². The molecule has 1 heterocycles. The molecule has 5 nitrogen and oxygen atoms in total. The van der Waals surface area contributed by atoms with E-state index in [0.717, 1.165) is 25.0 Å². The monoisotopic (exact) mass is 366 g/mol. The lowest BCUT2D eigenvalue weighted by atomic mass is 10.2. The number of rotatable bonds is 4. The van der Waals surface area contributed by atoms with Crippen LogP contribution in [0.15, 0.2) is 47.4 Å². The van der Waals surface area contributed by atoms with Crippen LogP contribution in [-0.4, -0.2) is 31.7 Å². The molecule has 1 amide bonds. The van der Waals surface area contributed by atoms with Gasteiger partial charge in [-0.3, -0.25) is 4.79 Å². The van der Waals surface area contributed by atoms with Crippen molar-refractivity contribution in [1.29, 1.82) is 0 Å². The SMILES string of the molecule is O=C(Nc1ccc(F)cc1)c1ccc(F)c(S(=O)(=O)N2CCCC2)c1. The number of sulfonamides is 1. The largest absolute Gasteiger partial charge is 0.322 e. The first-order chi connectivity index (χ1) is 11.9. The highest BCUT2D eigenvalue weighted by molar-refractivity contribution is 7.89. The molecule has 0 saturated carbocycles. The number of hydrogen-bond donors (Lipinski definition) is 1. The molecule has 0 bridgehead atoms. The molecule has 0 aromatic heterocycles. The number of halogens is 2. The average molecular weight is 366 g/mol. The van der Waals surface area contributed by atoms with Gasteiger partial charge in [0.2, 0.25) is 10.0 Å². The van der Waals surface area contributed by atoms with Crippen LogP contribution in [0.2, 0.25) is 0 Å². The topological polar surface area (TPSA) is 66.5 Å². The van der Waals surface area contributed by atoms with E-state index >= 15 is 0 Å². The first-order valence-electron chi connectivity index (χ1n) is 7.74. The lowest BCUT2D eigenvalue weighted by Gasteiger charge is -2.16. The molecule has 3 rings (SSSR count). The Morgan fingerprint density at radius 2 is 1.64 bits per heavy atom.